The zero-order chi connectivity index (χ0) is 27.8. The first-order chi connectivity index (χ1) is 18.8. The average molecular weight is 582 g/mol. The Morgan fingerprint density at radius 1 is 1.03 bits per heavy atom. The smallest absolute Gasteiger partial charge is 0.243 e. The van der Waals surface area contributed by atoms with Crippen molar-refractivity contribution in [3.63, 3.8) is 0 Å². The van der Waals surface area contributed by atoms with E-state index in [-0.39, 0.29) is 29.3 Å². The lowest BCUT2D eigenvalue weighted by Gasteiger charge is -2.32. The molecule has 12 heteroatoms. The van der Waals surface area contributed by atoms with Gasteiger partial charge in [-0.15, -0.1) is 11.3 Å². The topological polar surface area (TPSA) is 138 Å². The highest BCUT2D eigenvalue weighted by molar-refractivity contribution is 7.89. The zero-order valence-corrected chi connectivity index (χ0v) is 24.5. The summed E-state index contributed by atoms with van der Waals surface area (Å²) >= 11 is 1.26. The summed E-state index contributed by atoms with van der Waals surface area (Å²) in [5.41, 5.74) is 0. The molecule has 1 aromatic rings. The van der Waals surface area contributed by atoms with Crippen LogP contribution in [-0.2, 0) is 19.6 Å². The third kappa shape index (κ3) is 8.31. The number of aromatic nitrogens is 1. The van der Waals surface area contributed by atoms with Gasteiger partial charge in [0.2, 0.25) is 27.6 Å². The van der Waals surface area contributed by atoms with Crippen LogP contribution < -0.4 is 15.4 Å². The fraction of sp³-hybridized carbons (Fsp3) is 0.778. The van der Waals surface area contributed by atoms with Gasteiger partial charge in [0.05, 0.1) is 11.8 Å². The van der Waals surface area contributed by atoms with Crippen LogP contribution in [0.2, 0.25) is 0 Å². The van der Waals surface area contributed by atoms with Crippen molar-refractivity contribution in [2.75, 3.05) is 25.4 Å². The summed E-state index contributed by atoms with van der Waals surface area (Å²) in [6.45, 7) is 3.72. The predicted octanol–water partition coefficient (Wildman–Crippen LogP) is 2.47. The van der Waals surface area contributed by atoms with Gasteiger partial charge in [-0.3, -0.25) is 14.4 Å². The highest BCUT2D eigenvalue weighted by Gasteiger charge is 2.40. The Kier molecular flexibility index (Phi) is 10.9. The van der Waals surface area contributed by atoms with Crippen LogP contribution >= 0.6 is 11.3 Å². The molecule has 39 heavy (non-hydrogen) atoms. The number of nitrogens with zero attached hydrogens (tertiary/aromatic N) is 2. The number of likely N-dealkylation sites (tertiary alicyclic amines) is 1. The molecule has 3 atom stereocenters. The molecule has 1 saturated carbocycles. The summed E-state index contributed by atoms with van der Waals surface area (Å²) in [5.74, 6) is -0.394. The third-order valence-electron chi connectivity index (χ3n) is 8.44. The van der Waals surface area contributed by atoms with Gasteiger partial charge in [-0.05, 0) is 70.4 Å². The van der Waals surface area contributed by atoms with Crippen LogP contribution in [0.25, 0.3) is 0 Å². The fourth-order valence-corrected chi connectivity index (χ4v) is 7.63. The molecule has 3 heterocycles. The van der Waals surface area contributed by atoms with Gasteiger partial charge in [-0.2, -0.15) is 0 Å². The summed E-state index contributed by atoms with van der Waals surface area (Å²) in [6.07, 6.45) is 10.9. The number of hydrogen-bond donors (Lipinski definition) is 3. The van der Waals surface area contributed by atoms with Gasteiger partial charge in [0.1, 0.15) is 12.1 Å². The Morgan fingerprint density at radius 2 is 1.72 bits per heavy atom. The Hall–Kier alpha value is -1.89. The Labute approximate surface area is 236 Å². The number of Topliss-reactive ketones (excluding diaryl/α,β-unsaturated/α-hetero) is 1. The van der Waals surface area contributed by atoms with Crippen LogP contribution in [0, 0.1) is 11.8 Å². The largest absolute Gasteiger partial charge is 0.344 e. The molecule has 0 bridgehead atoms. The molecule has 3 N–H and O–H groups in total. The second kappa shape index (κ2) is 14.1. The highest BCUT2D eigenvalue weighted by atomic mass is 32.2. The van der Waals surface area contributed by atoms with Crippen LogP contribution in [0.1, 0.15) is 87.4 Å². The molecular formula is C27H43N5O5S2. The zero-order valence-electron chi connectivity index (χ0n) is 22.9. The van der Waals surface area contributed by atoms with Gasteiger partial charge in [0, 0.05) is 18.1 Å². The Morgan fingerprint density at radius 3 is 2.38 bits per heavy atom. The molecule has 0 spiro atoms. The van der Waals surface area contributed by atoms with Crippen molar-refractivity contribution in [3.05, 3.63) is 16.6 Å². The SMILES string of the molecule is CCS(=O)(=O)N[C@H](CC1CCCCC1)C(=O)N1CCC[C@H]1C(=O)N[C@@H](CC1CCNCC1)C(=O)c1nccs1. The lowest BCUT2D eigenvalue weighted by molar-refractivity contribution is -0.140. The van der Waals surface area contributed by atoms with Gasteiger partial charge in [0.25, 0.3) is 0 Å². The van der Waals surface area contributed by atoms with E-state index in [4.69, 9.17) is 0 Å². The number of nitrogens with one attached hydrogen (secondary N) is 3. The maximum atomic E-state index is 13.8. The number of carbonyl (C=O) groups excluding carboxylic acids is 3. The van der Waals surface area contributed by atoms with Gasteiger partial charge < -0.3 is 15.5 Å². The predicted molar refractivity (Wildman–Crippen MR) is 151 cm³/mol. The van der Waals surface area contributed by atoms with Crippen molar-refractivity contribution in [1.82, 2.24) is 25.2 Å². The summed E-state index contributed by atoms with van der Waals surface area (Å²) in [7, 11) is -3.61. The molecule has 0 aromatic carbocycles. The summed E-state index contributed by atoms with van der Waals surface area (Å²) < 4.78 is 27.6. The quantitative estimate of drug-likeness (QED) is 0.323. The van der Waals surface area contributed by atoms with Crippen molar-refractivity contribution in [1.29, 1.82) is 0 Å². The van der Waals surface area contributed by atoms with E-state index in [1.165, 1.54) is 22.7 Å². The van der Waals surface area contributed by atoms with Crippen molar-refractivity contribution in [2.24, 2.45) is 11.8 Å². The lowest BCUT2D eigenvalue weighted by Crippen LogP contribution is -2.56. The van der Waals surface area contributed by atoms with Crippen molar-refractivity contribution < 1.29 is 22.8 Å². The molecule has 0 radical (unpaired) electrons. The van der Waals surface area contributed by atoms with Crippen LogP contribution in [0.15, 0.2) is 11.6 Å². The normalized spacial score (nSPS) is 22.9. The molecule has 3 aliphatic rings. The van der Waals surface area contributed by atoms with E-state index in [1.54, 1.807) is 18.5 Å². The maximum absolute atomic E-state index is 13.8. The van der Waals surface area contributed by atoms with Gasteiger partial charge in [-0.1, -0.05) is 32.1 Å². The molecule has 3 fully saturated rings. The van der Waals surface area contributed by atoms with E-state index in [1.807, 2.05) is 0 Å². The minimum absolute atomic E-state index is 0.109. The minimum Gasteiger partial charge on any atom is -0.344 e. The van der Waals surface area contributed by atoms with E-state index in [9.17, 15) is 22.8 Å². The molecule has 2 amide bonds. The van der Waals surface area contributed by atoms with Gasteiger partial charge >= 0.3 is 0 Å². The first-order valence-electron chi connectivity index (χ1n) is 14.5. The van der Waals surface area contributed by atoms with Crippen molar-refractivity contribution in [3.8, 4) is 0 Å². The van der Waals surface area contributed by atoms with E-state index >= 15 is 0 Å². The maximum Gasteiger partial charge on any atom is 0.243 e. The Bertz CT molecular complexity index is 1070. The molecule has 2 saturated heterocycles. The van der Waals surface area contributed by atoms with Gasteiger partial charge in [-0.25, -0.2) is 18.1 Å². The number of hydrogen-bond acceptors (Lipinski definition) is 8. The summed E-state index contributed by atoms with van der Waals surface area (Å²) in [6, 6.07) is -2.31. The van der Waals surface area contributed by atoms with E-state index in [2.05, 4.69) is 20.3 Å². The van der Waals surface area contributed by atoms with Crippen LogP contribution in [0.3, 0.4) is 0 Å². The second-order valence-electron chi connectivity index (χ2n) is 11.2. The number of thiazole rings is 1. The second-order valence-corrected chi connectivity index (χ2v) is 14.1. The molecule has 1 aromatic heterocycles. The Balaban J connectivity index is 1.48. The molecular weight excluding hydrogens is 538 g/mol. The number of piperidine rings is 1. The number of rotatable bonds is 12. The summed E-state index contributed by atoms with van der Waals surface area (Å²) in [5, 5.41) is 8.44. The number of ketones is 1. The number of sulfonamides is 1. The fourth-order valence-electron chi connectivity index (χ4n) is 6.20. The first-order valence-corrected chi connectivity index (χ1v) is 17.1. The lowest BCUT2D eigenvalue weighted by atomic mass is 9.84. The minimum atomic E-state index is -3.61. The molecule has 0 unspecified atom stereocenters. The third-order valence-corrected chi connectivity index (χ3v) is 10.6. The van der Waals surface area contributed by atoms with Crippen molar-refractivity contribution in [2.45, 2.75) is 95.7 Å². The standard InChI is InChI=1S/C27H43N5O5S2/c1-2-39(36,37)31-22(18-19-7-4-3-5-8-19)27(35)32-15-6-9-23(32)25(34)30-21(17-20-10-12-28-13-11-20)24(33)26-29-14-16-38-26/h14,16,19-23,28,31H,2-13,15,17-18H2,1H3,(H,30,34)/t21-,22+,23-/m0/s1. The van der Waals surface area contributed by atoms with Crippen LogP contribution in [0.5, 0.6) is 0 Å². The van der Waals surface area contributed by atoms with E-state index < -0.39 is 28.1 Å². The van der Waals surface area contributed by atoms with E-state index in [0.29, 0.717) is 43.2 Å². The molecule has 2 aliphatic heterocycles. The number of carbonyl (C=O) groups is 3. The van der Waals surface area contributed by atoms with Gasteiger partial charge in [0.15, 0.2) is 5.01 Å². The van der Waals surface area contributed by atoms with E-state index in [0.717, 1.165) is 51.6 Å². The molecule has 218 valence electrons. The first kappa shape index (κ1) is 30.1. The number of amides is 2. The monoisotopic (exact) mass is 581 g/mol. The summed E-state index contributed by atoms with van der Waals surface area (Å²) in [4.78, 5) is 46.4. The molecule has 4 rings (SSSR count). The molecule has 1 aliphatic carbocycles. The average Bonchev–Trinajstić information content (AvgIpc) is 3.66. The van der Waals surface area contributed by atoms with Crippen LogP contribution in [-0.4, -0.2) is 79.4 Å². The van der Waals surface area contributed by atoms with Crippen LogP contribution in [0.4, 0.5) is 0 Å². The van der Waals surface area contributed by atoms with Crippen molar-refractivity contribution >= 4 is 39.0 Å². The molecule has 10 nitrogen and oxygen atoms in total. The highest BCUT2D eigenvalue weighted by Crippen LogP contribution is 2.29.